The summed E-state index contributed by atoms with van der Waals surface area (Å²) in [6, 6.07) is 15.5. The van der Waals surface area contributed by atoms with Crippen LogP contribution in [-0.4, -0.2) is 10.9 Å². The van der Waals surface area contributed by atoms with Gasteiger partial charge in [0.1, 0.15) is 6.26 Å². The van der Waals surface area contributed by atoms with Crippen molar-refractivity contribution in [2.75, 3.05) is 5.73 Å². The lowest BCUT2D eigenvalue weighted by Crippen LogP contribution is -2.31. The summed E-state index contributed by atoms with van der Waals surface area (Å²) in [5.41, 5.74) is 9.94. The highest BCUT2D eigenvalue weighted by Crippen LogP contribution is 2.29. The van der Waals surface area contributed by atoms with E-state index in [4.69, 9.17) is 10.2 Å². The number of nitrogens with one attached hydrogen (secondary N) is 1. The number of nitrogen functional groups attached to an aromatic ring is 1. The Morgan fingerprint density at radius 2 is 1.96 bits per heavy atom. The number of fused-ring (bicyclic) bond motifs is 1. The fourth-order valence-electron chi connectivity index (χ4n) is 3.27. The average molecular weight is 333 g/mol. The zero-order valence-corrected chi connectivity index (χ0v) is 13.7. The van der Waals surface area contributed by atoms with Crippen molar-refractivity contribution in [1.82, 2.24) is 10.3 Å². The molecule has 0 fully saturated rings. The number of benzene rings is 2. The molecule has 1 aromatic heterocycles. The summed E-state index contributed by atoms with van der Waals surface area (Å²) in [7, 11) is 0. The molecule has 3 aromatic rings. The van der Waals surface area contributed by atoms with Crippen molar-refractivity contribution in [3.63, 3.8) is 0 Å². The monoisotopic (exact) mass is 333 g/mol. The molecule has 2 aromatic carbocycles. The predicted molar refractivity (Wildman–Crippen MR) is 95.9 cm³/mol. The fourth-order valence-corrected chi connectivity index (χ4v) is 3.27. The molecular weight excluding hydrogens is 314 g/mol. The van der Waals surface area contributed by atoms with Crippen LogP contribution in [0, 0.1) is 0 Å². The topological polar surface area (TPSA) is 81.1 Å². The van der Waals surface area contributed by atoms with E-state index in [1.165, 1.54) is 17.4 Å². The van der Waals surface area contributed by atoms with E-state index < -0.39 is 0 Å². The highest BCUT2D eigenvalue weighted by atomic mass is 16.3. The van der Waals surface area contributed by atoms with Gasteiger partial charge in [0.15, 0.2) is 5.69 Å². The van der Waals surface area contributed by atoms with Crippen LogP contribution in [0.25, 0.3) is 11.5 Å². The van der Waals surface area contributed by atoms with Crippen molar-refractivity contribution in [1.29, 1.82) is 0 Å². The van der Waals surface area contributed by atoms with Crippen molar-refractivity contribution in [3.8, 4) is 11.5 Å². The minimum atomic E-state index is -0.216. The molecule has 4 rings (SSSR count). The summed E-state index contributed by atoms with van der Waals surface area (Å²) < 4.78 is 5.46. The zero-order valence-electron chi connectivity index (χ0n) is 13.7. The number of aromatic nitrogens is 1. The number of rotatable bonds is 3. The van der Waals surface area contributed by atoms with Crippen LogP contribution in [0.15, 0.2) is 59.2 Å². The van der Waals surface area contributed by atoms with Gasteiger partial charge in [-0.1, -0.05) is 24.3 Å². The Morgan fingerprint density at radius 1 is 1.16 bits per heavy atom. The molecule has 1 atom stereocenters. The van der Waals surface area contributed by atoms with Gasteiger partial charge >= 0.3 is 0 Å². The highest BCUT2D eigenvalue weighted by Gasteiger charge is 2.23. The number of aryl methyl sites for hydroxylation is 1. The molecule has 25 heavy (non-hydrogen) atoms. The third kappa shape index (κ3) is 3.13. The van der Waals surface area contributed by atoms with E-state index >= 15 is 0 Å². The molecule has 0 spiro atoms. The largest absolute Gasteiger partial charge is 0.444 e. The standard InChI is InChI=1S/C20H19N3O2/c21-15-10-8-14(9-11-15)20-23-18(12-25-20)19(24)22-17-7-3-5-13-4-1-2-6-16(13)17/h1-2,4,6,8-12,17H,3,5,7,21H2,(H,22,24). The second kappa shape index (κ2) is 6.43. The van der Waals surface area contributed by atoms with Crippen molar-refractivity contribution in [3.05, 3.63) is 71.6 Å². The van der Waals surface area contributed by atoms with Gasteiger partial charge in [-0.25, -0.2) is 4.98 Å². The first-order valence-electron chi connectivity index (χ1n) is 8.41. The van der Waals surface area contributed by atoms with Crippen LogP contribution >= 0.6 is 0 Å². The molecule has 0 aliphatic heterocycles. The van der Waals surface area contributed by atoms with Gasteiger partial charge in [-0.15, -0.1) is 0 Å². The third-order valence-corrected chi connectivity index (χ3v) is 4.57. The van der Waals surface area contributed by atoms with Crippen molar-refractivity contribution in [2.45, 2.75) is 25.3 Å². The van der Waals surface area contributed by atoms with Gasteiger partial charge in [-0.2, -0.15) is 0 Å². The lowest BCUT2D eigenvalue weighted by atomic mass is 9.88. The lowest BCUT2D eigenvalue weighted by molar-refractivity contribution is 0.0927. The minimum absolute atomic E-state index is 0.0223. The number of anilines is 1. The first-order valence-corrected chi connectivity index (χ1v) is 8.41. The third-order valence-electron chi connectivity index (χ3n) is 4.57. The number of hydrogen-bond acceptors (Lipinski definition) is 4. The summed E-state index contributed by atoms with van der Waals surface area (Å²) in [4.78, 5) is 16.9. The molecule has 5 nitrogen and oxygen atoms in total. The fraction of sp³-hybridized carbons (Fsp3) is 0.200. The van der Waals surface area contributed by atoms with E-state index in [1.807, 2.05) is 24.3 Å². The van der Waals surface area contributed by atoms with Gasteiger partial charge in [-0.3, -0.25) is 4.79 Å². The molecule has 5 heteroatoms. The average Bonchev–Trinajstić information content (AvgIpc) is 3.13. The van der Waals surface area contributed by atoms with Gasteiger partial charge in [-0.05, 0) is 54.7 Å². The van der Waals surface area contributed by atoms with Crippen LogP contribution in [0.3, 0.4) is 0 Å². The van der Waals surface area contributed by atoms with Gasteiger partial charge in [0.2, 0.25) is 5.89 Å². The number of oxazole rings is 1. The molecule has 1 aliphatic carbocycles. The molecule has 0 bridgehead atoms. The van der Waals surface area contributed by atoms with E-state index in [9.17, 15) is 4.79 Å². The molecule has 0 saturated carbocycles. The van der Waals surface area contributed by atoms with Crippen LogP contribution in [0.2, 0.25) is 0 Å². The summed E-state index contributed by atoms with van der Waals surface area (Å²) in [5.74, 6) is 0.196. The summed E-state index contributed by atoms with van der Waals surface area (Å²) in [6.07, 6.45) is 4.46. The maximum Gasteiger partial charge on any atom is 0.273 e. The second-order valence-corrected chi connectivity index (χ2v) is 6.28. The van der Waals surface area contributed by atoms with Crippen LogP contribution < -0.4 is 11.1 Å². The van der Waals surface area contributed by atoms with Gasteiger partial charge in [0, 0.05) is 11.3 Å². The molecule has 3 N–H and O–H groups in total. The SMILES string of the molecule is Nc1ccc(-c2nc(C(=O)NC3CCCc4ccccc43)co2)cc1. The van der Waals surface area contributed by atoms with Crippen LogP contribution in [0.1, 0.15) is 40.5 Å². The predicted octanol–water partition coefficient (Wildman–Crippen LogP) is 3.73. The first kappa shape index (κ1) is 15.4. The molecule has 0 saturated heterocycles. The Labute approximate surface area is 145 Å². The Hall–Kier alpha value is -3.08. The zero-order chi connectivity index (χ0) is 17.2. The van der Waals surface area contributed by atoms with Crippen LogP contribution in [0.4, 0.5) is 5.69 Å². The second-order valence-electron chi connectivity index (χ2n) is 6.28. The van der Waals surface area contributed by atoms with Gasteiger partial charge in [0.05, 0.1) is 6.04 Å². The molecule has 1 amide bonds. The van der Waals surface area contributed by atoms with E-state index in [0.717, 1.165) is 24.8 Å². The Kier molecular flexibility index (Phi) is 3.98. The van der Waals surface area contributed by atoms with Crippen LogP contribution in [-0.2, 0) is 6.42 Å². The normalized spacial score (nSPS) is 16.2. The minimum Gasteiger partial charge on any atom is -0.444 e. The van der Waals surface area contributed by atoms with E-state index in [2.05, 4.69) is 22.4 Å². The smallest absolute Gasteiger partial charge is 0.273 e. The number of hydrogen-bond donors (Lipinski definition) is 2. The van der Waals surface area contributed by atoms with E-state index in [0.29, 0.717) is 11.6 Å². The quantitative estimate of drug-likeness (QED) is 0.716. The van der Waals surface area contributed by atoms with Crippen LogP contribution in [0.5, 0.6) is 0 Å². The molecule has 126 valence electrons. The number of carbonyl (C=O) groups is 1. The van der Waals surface area contributed by atoms with Crippen molar-refractivity contribution in [2.24, 2.45) is 0 Å². The number of amides is 1. The van der Waals surface area contributed by atoms with Gasteiger partial charge in [0.25, 0.3) is 5.91 Å². The molecule has 0 radical (unpaired) electrons. The van der Waals surface area contributed by atoms with E-state index in [1.54, 1.807) is 12.1 Å². The Morgan fingerprint density at radius 3 is 2.80 bits per heavy atom. The molecule has 1 unspecified atom stereocenters. The van der Waals surface area contributed by atoms with Crippen molar-refractivity contribution < 1.29 is 9.21 Å². The van der Waals surface area contributed by atoms with Crippen molar-refractivity contribution >= 4 is 11.6 Å². The number of nitrogens with two attached hydrogens (primary N) is 1. The molecule has 1 heterocycles. The first-order chi connectivity index (χ1) is 12.2. The number of nitrogens with zero attached hydrogens (tertiary/aromatic N) is 1. The Balaban J connectivity index is 1.52. The maximum atomic E-state index is 12.6. The van der Waals surface area contributed by atoms with E-state index in [-0.39, 0.29) is 17.6 Å². The Bertz CT molecular complexity index is 899. The lowest BCUT2D eigenvalue weighted by Gasteiger charge is -2.25. The number of carbonyl (C=O) groups excluding carboxylic acids is 1. The maximum absolute atomic E-state index is 12.6. The molecular formula is C20H19N3O2. The molecule has 1 aliphatic rings. The summed E-state index contributed by atoms with van der Waals surface area (Å²) in [6.45, 7) is 0. The highest BCUT2D eigenvalue weighted by molar-refractivity contribution is 5.92. The summed E-state index contributed by atoms with van der Waals surface area (Å²) >= 11 is 0. The van der Waals surface area contributed by atoms with Gasteiger partial charge < -0.3 is 15.5 Å². The summed E-state index contributed by atoms with van der Waals surface area (Å²) in [5, 5.41) is 3.08.